The van der Waals surface area contributed by atoms with Crippen molar-refractivity contribution in [3.05, 3.63) is 209 Å². The van der Waals surface area contributed by atoms with Crippen LogP contribution in [0.3, 0.4) is 0 Å². The summed E-state index contributed by atoms with van der Waals surface area (Å²) < 4.78 is 0. The number of carbonyl (C=O) groups is 2. The summed E-state index contributed by atoms with van der Waals surface area (Å²) in [7, 11) is 3.75. The molecule has 0 saturated heterocycles. The minimum atomic E-state index is -0.947. The SMILES string of the molecule is O=C(O)CCCCC(CCSSc1ccccc1)SCc1ccccc1.O=C([O-])CCCCC(CCSCc1ccc(/C=C/c2ccccc2)cc1)SCc1ccc(/C=C/c2ccccc2)cc1.[Na+]. The Morgan fingerprint density at radius 3 is 1.35 bits per heavy atom. The normalized spacial score (nSPS) is 11.9. The van der Waals surface area contributed by atoms with Crippen LogP contribution in [0.1, 0.15) is 103 Å². The van der Waals surface area contributed by atoms with E-state index in [2.05, 4.69) is 176 Å². The average Bonchev–Trinajstić information content (AvgIpc) is 3.37. The molecule has 6 rings (SSSR count). The Labute approximate surface area is 455 Å². The summed E-state index contributed by atoms with van der Waals surface area (Å²) in [5, 5.41) is 20.8. The molecule has 4 nitrogen and oxygen atoms in total. The van der Waals surface area contributed by atoms with E-state index in [0.29, 0.717) is 16.9 Å². The number of carboxylic acids is 2. The third-order valence-electron chi connectivity index (χ3n) is 10.9. The third kappa shape index (κ3) is 27.0. The van der Waals surface area contributed by atoms with Gasteiger partial charge in [-0.25, -0.2) is 0 Å². The Balaban J connectivity index is 0.000000330. The Bertz CT molecular complexity index is 2310. The zero-order chi connectivity index (χ0) is 47.7. The van der Waals surface area contributed by atoms with Crippen LogP contribution in [0.15, 0.2) is 175 Å². The van der Waals surface area contributed by atoms with Crippen LogP contribution in [0.2, 0.25) is 0 Å². The third-order valence-corrected chi connectivity index (χ3v) is 17.3. The fourth-order valence-electron chi connectivity index (χ4n) is 7.05. The van der Waals surface area contributed by atoms with Gasteiger partial charge in [-0.1, -0.05) is 216 Å². The molecule has 6 aromatic rings. The van der Waals surface area contributed by atoms with E-state index in [4.69, 9.17) is 5.11 Å². The Kier molecular flexibility index (Phi) is 30.6. The molecule has 0 aliphatic rings. The second-order valence-electron chi connectivity index (χ2n) is 16.4. The number of hydrogen-bond acceptors (Lipinski definition) is 8. The number of hydrogen-bond donors (Lipinski definition) is 1. The maximum atomic E-state index is 10.8. The summed E-state index contributed by atoms with van der Waals surface area (Å²) in [4.78, 5) is 22.8. The fourth-order valence-corrected chi connectivity index (χ4v) is 13.0. The van der Waals surface area contributed by atoms with Gasteiger partial charge in [-0.3, -0.25) is 4.79 Å². The van der Waals surface area contributed by atoms with Crippen molar-refractivity contribution in [2.45, 2.75) is 96.9 Å². The number of carboxylic acid groups (broad SMARTS) is 2. The zero-order valence-electron chi connectivity index (χ0n) is 39.9. The Morgan fingerprint density at radius 1 is 0.464 bits per heavy atom. The second kappa shape index (κ2) is 36.4. The van der Waals surface area contributed by atoms with Gasteiger partial charge in [-0.15, -0.1) is 0 Å². The molecule has 0 bridgehead atoms. The molecule has 356 valence electrons. The van der Waals surface area contributed by atoms with Crippen LogP contribution in [0.25, 0.3) is 24.3 Å². The van der Waals surface area contributed by atoms with Crippen molar-refractivity contribution in [2.24, 2.45) is 0 Å². The number of thioether (sulfide) groups is 3. The van der Waals surface area contributed by atoms with Gasteiger partial charge in [0.05, 0.1) is 0 Å². The van der Waals surface area contributed by atoms with Crippen molar-refractivity contribution >= 4 is 93.1 Å². The van der Waals surface area contributed by atoms with E-state index < -0.39 is 11.9 Å². The molecular weight excluding hydrogens is 956 g/mol. The number of rotatable bonds is 30. The van der Waals surface area contributed by atoms with Crippen LogP contribution in [-0.4, -0.2) is 39.1 Å². The van der Waals surface area contributed by atoms with Crippen LogP contribution < -0.4 is 34.7 Å². The summed E-state index contributed by atoms with van der Waals surface area (Å²) in [6, 6.07) is 59.4. The van der Waals surface area contributed by atoms with E-state index in [1.54, 1.807) is 0 Å². The van der Waals surface area contributed by atoms with Gasteiger partial charge in [-0.2, -0.15) is 35.3 Å². The number of aliphatic carboxylic acids is 2. The van der Waals surface area contributed by atoms with E-state index in [0.717, 1.165) is 73.7 Å². The van der Waals surface area contributed by atoms with Crippen LogP contribution in [0.5, 0.6) is 0 Å². The van der Waals surface area contributed by atoms with E-state index in [9.17, 15) is 14.7 Å². The second-order valence-corrected chi connectivity index (χ2v) is 22.6. The first-order valence-electron chi connectivity index (χ1n) is 23.6. The summed E-state index contributed by atoms with van der Waals surface area (Å²) in [5.41, 5.74) is 8.84. The summed E-state index contributed by atoms with van der Waals surface area (Å²) in [6.07, 6.45) is 16.9. The van der Waals surface area contributed by atoms with E-state index in [-0.39, 0.29) is 42.4 Å². The predicted octanol–water partition coefficient (Wildman–Crippen LogP) is 13.0. The molecule has 0 aliphatic carbocycles. The molecule has 69 heavy (non-hydrogen) atoms. The van der Waals surface area contributed by atoms with Crippen LogP contribution in [0.4, 0.5) is 0 Å². The first-order valence-corrected chi connectivity index (χ1v) is 29.2. The molecule has 1 N–H and O–H groups in total. The van der Waals surface area contributed by atoms with Gasteiger partial charge in [0.1, 0.15) is 0 Å². The predicted molar refractivity (Wildman–Crippen MR) is 300 cm³/mol. The van der Waals surface area contributed by atoms with Gasteiger partial charge in [0.25, 0.3) is 0 Å². The molecule has 6 aromatic carbocycles. The van der Waals surface area contributed by atoms with Gasteiger partial charge >= 0.3 is 35.5 Å². The Morgan fingerprint density at radius 2 is 0.870 bits per heavy atom. The van der Waals surface area contributed by atoms with E-state index in [1.165, 1.54) is 43.8 Å². The van der Waals surface area contributed by atoms with Crippen LogP contribution in [0, 0.1) is 0 Å². The van der Waals surface area contributed by atoms with Gasteiger partial charge in [0, 0.05) is 50.8 Å². The van der Waals surface area contributed by atoms with Crippen molar-refractivity contribution in [3.8, 4) is 0 Å². The molecule has 0 amide bonds. The molecule has 0 aliphatic heterocycles. The molecule has 0 aromatic heterocycles. The smallest absolute Gasteiger partial charge is 0.550 e. The summed E-state index contributed by atoms with van der Waals surface area (Å²) in [6.45, 7) is 0. The molecular formula is C59H65NaO4S5. The van der Waals surface area contributed by atoms with Crippen LogP contribution >= 0.6 is 56.9 Å². The first-order chi connectivity index (χ1) is 33.4. The molecule has 10 heteroatoms. The minimum Gasteiger partial charge on any atom is -0.550 e. The largest absolute Gasteiger partial charge is 1.00 e. The van der Waals surface area contributed by atoms with Gasteiger partial charge in [-0.05, 0) is 102 Å². The molecule has 0 saturated carbocycles. The van der Waals surface area contributed by atoms with Crippen molar-refractivity contribution in [2.75, 3.05) is 11.5 Å². The van der Waals surface area contributed by atoms with Crippen molar-refractivity contribution in [3.63, 3.8) is 0 Å². The number of unbranched alkanes of at least 4 members (excludes halogenated alkanes) is 2. The summed E-state index contributed by atoms with van der Waals surface area (Å²) >= 11 is 5.99. The topological polar surface area (TPSA) is 77.4 Å². The molecule has 0 spiro atoms. The average molecular weight is 1020 g/mol. The van der Waals surface area contributed by atoms with Gasteiger partial charge < -0.3 is 15.0 Å². The standard InChI is InChI=1S/C38H40O2S2.C21H26O2S3.Na/c39-38(40)14-8-7-13-37(42-30-36-25-21-34(22-26-36)18-16-32-11-5-2-6-12-32)27-28-41-29-35-23-19-33(20-24-35)17-15-31-9-3-1-4-10-31;22-21(23)14-8-7-11-19(24-17-18-9-3-1-4-10-18)15-16-25-26-20-12-5-2-6-13-20;/h1-6,9-12,15-26,37H,7-8,13-14,27-30H2,(H,39,40);1-6,9-10,12-13,19H,7-8,11,14-17H2,(H,22,23);/q;;+1/p-1/b17-15+,18-16+;;. The Hall–Kier alpha value is -3.51. The minimum absolute atomic E-state index is 0. The number of benzene rings is 6. The van der Waals surface area contributed by atoms with E-state index >= 15 is 0 Å². The molecule has 0 fully saturated rings. The maximum absolute atomic E-state index is 10.8. The summed E-state index contributed by atoms with van der Waals surface area (Å²) in [5.74, 6) is 3.58. The number of carbonyl (C=O) groups excluding carboxylic acids is 1. The quantitative estimate of drug-likeness (QED) is 0.0205. The maximum Gasteiger partial charge on any atom is 1.00 e. The zero-order valence-corrected chi connectivity index (χ0v) is 46.0. The van der Waals surface area contributed by atoms with E-state index in [1.807, 2.05) is 75.1 Å². The fraction of sp³-hybridized carbons (Fsp3) is 0.288. The molecule has 2 atom stereocenters. The monoisotopic (exact) mass is 1020 g/mol. The first kappa shape index (κ1) is 58.1. The van der Waals surface area contributed by atoms with Gasteiger partial charge in [0.2, 0.25) is 0 Å². The van der Waals surface area contributed by atoms with Gasteiger partial charge in [0.15, 0.2) is 0 Å². The van der Waals surface area contributed by atoms with Crippen molar-refractivity contribution in [1.29, 1.82) is 0 Å². The molecule has 2 unspecified atom stereocenters. The van der Waals surface area contributed by atoms with Crippen molar-refractivity contribution < 1.29 is 49.4 Å². The molecule has 0 heterocycles. The van der Waals surface area contributed by atoms with Crippen LogP contribution in [-0.2, 0) is 26.8 Å². The molecule has 0 radical (unpaired) electrons. The van der Waals surface area contributed by atoms with Crippen molar-refractivity contribution in [1.82, 2.24) is 0 Å².